The van der Waals surface area contributed by atoms with Crippen molar-refractivity contribution in [1.29, 1.82) is 0 Å². The number of nitrogens with zero attached hydrogens (tertiary/aromatic N) is 1. The Hall–Kier alpha value is -1.46. The fourth-order valence-corrected chi connectivity index (χ4v) is 2.15. The average molecular weight is 277 g/mol. The van der Waals surface area contributed by atoms with Crippen LogP contribution in [0.4, 0.5) is 9.88 Å². The Kier molecular flexibility index (Phi) is 4.81. The molecule has 0 radical (unpaired) electrons. The Balaban J connectivity index is 2.58. The van der Waals surface area contributed by atoms with Crippen molar-refractivity contribution in [3.8, 4) is 5.75 Å². The van der Waals surface area contributed by atoms with E-state index in [-0.39, 0.29) is 11.4 Å². The lowest BCUT2D eigenvalue weighted by atomic mass is 10.3. The van der Waals surface area contributed by atoms with E-state index in [1.165, 1.54) is 24.3 Å². The topological polar surface area (TPSA) is 78.7 Å². The molecular weight excluding hydrogens is 264 g/mol. The molecule has 0 amide bonds. The molecule has 0 bridgehead atoms. The van der Waals surface area contributed by atoms with E-state index in [1.807, 2.05) is 0 Å². The van der Waals surface area contributed by atoms with Crippen LogP contribution in [0.15, 0.2) is 24.3 Å². The first-order valence-electron chi connectivity index (χ1n) is 5.14. The molecule has 1 rings (SSSR count). The van der Waals surface area contributed by atoms with Crippen LogP contribution in [0.25, 0.3) is 0 Å². The van der Waals surface area contributed by atoms with Crippen molar-refractivity contribution in [1.82, 2.24) is 0 Å². The van der Waals surface area contributed by atoms with Crippen molar-refractivity contribution in [2.24, 2.45) is 0 Å². The van der Waals surface area contributed by atoms with Crippen LogP contribution in [0.2, 0.25) is 0 Å². The third-order valence-corrected chi connectivity index (χ3v) is 2.98. The standard InChI is InChI=1S/C10H13FNO5P/c1-8(2)17-18(11,15)7-16-10-5-3-9(4-6-10)12(13)14/h3-6,8H,7H2,1-2H3. The van der Waals surface area contributed by atoms with Crippen molar-refractivity contribution in [2.45, 2.75) is 20.0 Å². The maximum absolute atomic E-state index is 13.3. The molecule has 1 atom stereocenters. The summed E-state index contributed by atoms with van der Waals surface area (Å²) in [5.41, 5.74) is -0.107. The Morgan fingerprint density at radius 2 is 1.94 bits per heavy atom. The number of hydrogen-bond donors (Lipinski definition) is 0. The smallest absolute Gasteiger partial charge is 0.403 e. The van der Waals surface area contributed by atoms with Crippen LogP contribution in [0.1, 0.15) is 13.8 Å². The fourth-order valence-electron chi connectivity index (χ4n) is 1.16. The molecule has 100 valence electrons. The van der Waals surface area contributed by atoms with Gasteiger partial charge in [-0.05, 0) is 26.0 Å². The average Bonchev–Trinajstić information content (AvgIpc) is 2.25. The zero-order valence-electron chi connectivity index (χ0n) is 9.91. The third-order valence-electron chi connectivity index (χ3n) is 1.80. The van der Waals surface area contributed by atoms with Crippen LogP contribution in [0.3, 0.4) is 0 Å². The molecule has 6 nitrogen and oxygen atoms in total. The minimum atomic E-state index is -4.30. The van der Waals surface area contributed by atoms with Crippen molar-refractivity contribution >= 4 is 13.4 Å². The van der Waals surface area contributed by atoms with E-state index in [0.29, 0.717) is 0 Å². The highest BCUT2D eigenvalue weighted by molar-refractivity contribution is 7.53. The summed E-state index contributed by atoms with van der Waals surface area (Å²) in [6.07, 6.45) is -1.23. The first-order chi connectivity index (χ1) is 8.30. The van der Waals surface area contributed by atoms with Gasteiger partial charge in [0, 0.05) is 12.1 Å². The molecule has 0 aliphatic carbocycles. The van der Waals surface area contributed by atoms with Gasteiger partial charge >= 0.3 is 7.68 Å². The van der Waals surface area contributed by atoms with Gasteiger partial charge in [0.05, 0.1) is 11.0 Å². The molecule has 0 N–H and O–H groups in total. The molecular formula is C10H13FNO5P. The molecule has 0 heterocycles. The minimum absolute atomic E-state index is 0.107. The first-order valence-corrected chi connectivity index (χ1v) is 6.84. The number of nitro benzene ring substituents is 1. The van der Waals surface area contributed by atoms with Crippen molar-refractivity contribution in [3.63, 3.8) is 0 Å². The number of halogens is 1. The van der Waals surface area contributed by atoms with Gasteiger partial charge in [-0.3, -0.25) is 14.7 Å². The maximum atomic E-state index is 13.3. The largest absolute Gasteiger partial charge is 0.481 e. The van der Waals surface area contributed by atoms with Gasteiger partial charge in [-0.2, -0.15) is 4.20 Å². The summed E-state index contributed by atoms with van der Waals surface area (Å²) in [5.74, 6) is 0.186. The molecule has 1 unspecified atom stereocenters. The SMILES string of the molecule is CC(C)OP(=O)(F)COc1ccc([N+](=O)[O-])cc1. The molecule has 18 heavy (non-hydrogen) atoms. The quantitative estimate of drug-likeness (QED) is 0.451. The van der Waals surface area contributed by atoms with Gasteiger partial charge in [0.25, 0.3) is 5.69 Å². The van der Waals surface area contributed by atoms with E-state index in [1.54, 1.807) is 13.8 Å². The Labute approximate surface area is 103 Å². The van der Waals surface area contributed by atoms with E-state index in [4.69, 9.17) is 4.74 Å². The van der Waals surface area contributed by atoms with Gasteiger partial charge in [-0.1, -0.05) is 0 Å². The highest BCUT2D eigenvalue weighted by Crippen LogP contribution is 2.49. The Morgan fingerprint density at radius 3 is 2.39 bits per heavy atom. The zero-order valence-corrected chi connectivity index (χ0v) is 10.8. The number of rotatable bonds is 6. The molecule has 0 aliphatic rings. The Morgan fingerprint density at radius 1 is 1.39 bits per heavy atom. The molecule has 0 fully saturated rings. The van der Waals surface area contributed by atoms with Crippen molar-refractivity contribution < 1.29 is 22.9 Å². The van der Waals surface area contributed by atoms with Crippen molar-refractivity contribution in [2.75, 3.05) is 6.35 Å². The van der Waals surface area contributed by atoms with Gasteiger partial charge in [0.1, 0.15) is 5.75 Å². The van der Waals surface area contributed by atoms with Crippen LogP contribution < -0.4 is 4.74 Å². The fraction of sp³-hybridized carbons (Fsp3) is 0.400. The second-order valence-electron chi connectivity index (χ2n) is 3.77. The van der Waals surface area contributed by atoms with Crippen LogP contribution >= 0.6 is 7.68 Å². The molecule has 8 heteroatoms. The second-order valence-corrected chi connectivity index (χ2v) is 5.42. The predicted octanol–water partition coefficient (Wildman–Crippen LogP) is 3.52. The number of ether oxygens (including phenoxy) is 1. The van der Waals surface area contributed by atoms with Crippen LogP contribution in [0, 0.1) is 10.1 Å². The summed E-state index contributed by atoms with van der Waals surface area (Å²) in [6.45, 7) is 3.11. The van der Waals surface area contributed by atoms with Gasteiger partial charge in [0.15, 0.2) is 6.35 Å². The summed E-state index contributed by atoms with van der Waals surface area (Å²) in [5, 5.41) is 10.4. The minimum Gasteiger partial charge on any atom is -0.481 e. The lowest BCUT2D eigenvalue weighted by Gasteiger charge is -2.13. The van der Waals surface area contributed by atoms with Crippen LogP contribution in [0.5, 0.6) is 5.75 Å². The Bertz CT molecular complexity index is 462. The summed E-state index contributed by atoms with van der Waals surface area (Å²) >= 11 is 0. The number of benzene rings is 1. The van der Waals surface area contributed by atoms with E-state index >= 15 is 0 Å². The van der Waals surface area contributed by atoms with Crippen LogP contribution in [-0.2, 0) is 9.09 Å². The number of hydrogen-bond acceptors (Lipinski definition) is 5. The molecule has 0 spiro atoms. The summed E-state index contributed by atoms with van der Waals surface area (Å²) in [4.78, 5) is 9.83. The summed E-state index contributed by atoms with van der Waals surface area (Å²) < 4.78 is 34.1. The molecule has 1 aromatic carbocycles. The van der Waals surface area contributed by atoms with E-state index in [0.717, 1.165) is 0 Å². The monoisotopic (exact) mass is 277 g/mol. The molecule has 0 saturated carbocycles. The highest BCUT2D eigenvalue weighted by atomic mass is 31.2. The highest BCUT2D eigenvalue weighted by Gasteiger charge is 2.25. The summed E-state index contributed by atoms with van der Waals surface area (Å²) in [6, 6.07) is 5.02. The molecule has 1 aromatic rings. The number of nitro groups is 1. The second kappa shape index (κ2) is 5.93. The van der Waals surface area contributed by atoms with E-state index in [9.17, 15) is 18.9 Å². The van der Waals surface area contributed by atoms with Gasteiger partial charge in [-0.25, -0.2) is 0 Å². The van der Waals surface area contributed by atoms with Crippen LogP contribution in [-0.4, -0.2) is 17.4 Å². The summed E-state index contributed by atoms with van der Waals surface area (Å²) in [7, 11) is -4.30. The maximum Gasteiger partial charge on any atom is 0.403 e. The predicted molar refractivity (Wildman–Crippen MR) is 63.5 cm³/mol. The normalized spacial score (nSPS) is 14.2. The van der Waals surface area contributed by atoms with E-state index < -0.39 is 25.1 Å². The zero-order chi connectivity index (χ0) is 13.8. The van der Waals surface area contributed by atoms with Crippen molar-refractivity contribution in [3.05, 3.63) is 34.4 Å². The molecule has 0 aliphatic heterocycles. The van der Waals surface area contributed by atoms with Gasteiger partial charge in [0.2, 0.25) is 0 Å². The van der Waals surface area contributed by atoms with E-state index in [2.05, 4.69) is 4.52 Å². The number of non-ortho nitro benzene ring substituents is 1. The third kappa shape index (κ3) is 4.81. The molecule has 0 saturated heterocycles. The lowest BCUT2D eigenvalue weighted by molar-refractivity contribution is -0.384. The lowest BCUT2D eigenvalue weighted by Crippen LogP contribution is -2.04. The first kappa shape index (κ1) is 14.6. The molecule has 0 aromatic heterocycles. The van der Waals surface area contributed by atoms with Gasteiger partial charge in [-0.15, -0.1) is 0 Å². The van der Waals surface area contributed by atoms with Gasteiger partial charge < -0.3 is 9.26 Å².